The van der Waals surface area contributed by atoms with Crippen molar-refractivity contribution in [2.24, 2.45) is 0 Å². The van der Waals surface area contributed by atoms with Crippen LogP contribution in [-0.4, -0.2) is 38.1 Å². The molecule has 1 aliphatic heterocycles. The Bertz CT molecular complexity index is 1240. The lowest BCUT2D eigenvalue weighted by atomic mass is 10.0. The molecule has 9 heteroatoms. The van der Waals surface area contributed by atoms with E-state index in [-0.39, 0.29) is 27.8 Å². The summed E-state index contributed by atoms with van der Waals surface area (Å²) < 4.78 is 33.8. The minimum absolute atomic E-state index is 0.0160. The topological polar surface area (TPSA) is 109 Å². The Kier molecular flexibility index (Phi) is 5.51. The molecule has 0 aliphatic carbocycles. The van der Waals surface area contributed by atoms with Gasteiger partial charge in [0.2, 0.25) is 0 Å². The number of para-hydroxylation sites is 1. The number of anilines is 2. The molecular weight excluding hydrogens is 418 g/mol. The van der Waals surface area contributed by atoms with E-state index in [0.717, 1.165) is 12.0 Å². The molecule has 4 rings (SSSR count). The third-order valence-electron chi connectivity index (χ3n) is 5.08. The van der Waals surface area contributed by atoms with Crippen LogP contribution in [0.15, 0.2) is 65.7 Å². The summed E-state index contributed by atoms with van der Waals surface area (Å²) in [7, 11) is -2.61. The molecule has 0 atom stereocenters. The fourth-order valence-corrected chi connectivity index (χ4v) is 5.29. The predicted octanol–water partition coefficient (Wildman–Crippen LogP) is 3.19. The van der Waals surface area contributed by atoms with Crippen LogP contribution < -0.4 is 14.4 Å². The number of sulfonamides is 1. The summed E-state index contributed by atoms with van der Waals surface area (Å²) >= 11 is 0. The third kappa shape index (κ3) is 3.91. The first kappa shape index (κ1) is 20.7. The van der Waals surface area contributed by atoms with Crippen LogP contribution in [0.3, 0.4) is 0 Å². The SMILES string of the molecule is COc1ccc(C(=O)Nc2ncccc2O)cc1S(=O)(=O)N1CCCc2ccccc21. The number of pyridine rings is 1. The number of amides is 1. The number of ether oxygens (including phenoxy) is 1. The van der Waals surface area contributed by atoms with Crippen LogP contribution in [0.1, 0.15) is 22.3 Å². The Balaban J connectivity index is 1.73. The van der Waals surface area contributed by atoms with Gasteiger partial charge in [0.05, 0.1) is 12.8 Å². The van der Waals surface area contributed by atoms with Gasteiger partial charge in [-0.25, -0.2) is 13.4 Å². The highest BCUT2D eigenvalue weighted by Gasteiger charge is 2.32. The summed E-state index contributed by atoms with van der Waals surface area (Å²) in [5, 5.41) is 12.3. The van der Waals surface area contributed by atoms with Crippen molar-refractivity contribution in [1.82, 2.24) is 4.98 Å². The average Bonchev–Trinajstić information content (AvgIpc) is 2.79. The van der Waals surface area contributed by atoms with Crippen molar-refractivity contribution in [2.45, 2.75) is 17.7 Å². The van der Waals surface area contributed by atoms with Crippen LogP contribution in [-0.2, 0) is 16.4 Å². The van der Waals surface area contributed by atoms with Crippen molar-refractivity contribution < 1.29 is 23.1 Å². The van der Waals surface area contributed by atoms with Crippen molar-refractivity contribution in [2.75, 3.05) is 23.3 Å². The maximum Gasteiger partial charge on any atom is 0.268 e. The van der Waals surface area contributed by atoms with Gasteiger partial charge in [-0.05, 0) is 54.8 Å². The number of fused-ring (bicyclic) bond motifs is 1. The van der Waals surface area contributed by atoms with Crippen LogP contribution >= 0.6 is 0 Å². The van der Waals surface area contributed by atoms with Gasteiger partial charge in [0.15, 0.2) is 11.6 Å². The first-order valence-electron chi connectivity index (χ1n) is 9.66. The first-order chi connectivity index (χ1) is 14.9. The van der Waals surface area contributed by atoms with E-state index in [1.54, 1.807) is 12.1 Å². The molecule has 1 amide bonds. The highest BCUT2D eigenvalue weighted by atomic mass is 32.2. The van der Waals surface area contributed by atoms with E-state index in [0.29, 0.717) is 18.7 Å². The van der Waals surface area contributed by atoms with Crippen LogP contribution in [0.4, 0.5) is 11.5 Å². The molecule has 1 aromatic heterocycles. The van der Waals surface area contributed by atoms with Crippen LogP contribution in [0, 0.1) is 0 Å². The fourth-order valence-electron chi connectivity index (χ4n) is 3.56. The van der Waals surface area contributed by atoms with Gasteiger partial charge in [-0.2, -0.15) is 0 Å². The number of aryl methyl sites for hydroxylation is 1. The molecule has 0 bridgehead atoms. The Hall–Kier alpha value is -3.59. The minimum atomic E-state index is -3.99. The first-order valence-corrected chi connectivity index (χ1v) is 11.1. The lowest BCUT2D eigenvalue weighted by Crippen LogP contribution is -2.35. The molecule has 2 N–H and O–H groups in total. The van der Waals surface area contributed by atoms with Gasteiger partial charge in [0, 0.05) is 18.3 Å². The quantitative estimate of drug-likeness (QED) is 0.632. The monoisotopic (exact) mass is 439 g/mol. The Morgan fingerprint density at radius 2 is 1.97 bits per heavy atom. The van der Waals surface area contributed by atoms with Crippen molar-refractivity contribution in [3.8, 4) is 11.5 Å². The zero-order chi connectivity index (χ0) is 22.0. The molecule has 3 aromatic rings. The minimum Gasteiger partial charge on any atom is -0.504 e. The number of hydrogen-bond donors (Lipinski definition) is 2. The summed E-state index contributed by atoms with van der Waals surface area (Å²) in [6, 6.07) is 14.5. The number of nitrogens with one attached hydrogen (secondary N) is 1. The molecular formula is C22H21N3O5S. The van der Waals surface area contributed by atoms with Crippen LogP contribution in [0.5, 0.6) is 11.5 Å². The van der Waals surface area contributed by atoms with Crippen molar-refractivity contribution in [3.05, 3.63) is 71.9 Å². The molecule has 0 fully saturated rings. The lowest BCUT2D eigenvalue weighted by molar-refractivity contribution is 0.102. The number of carbonyl (C=O) groups excluding carboxylic acids is 1. The standard InChI is InChI=1S/C22H21N3O5S/c1-30-19-11-10-16(22(27)24-21-18(26)9-4-12-23-21)14-20(19)31(28,29)25-13-5-7-15-6-2-3-8-17(15)25/h2-4,6,8-12,14,26H,5,7,13H2,1H3,(H,23,24,27). The maximum absolute atomic E-state index is 13.6. The van der Waals surface area contributed by atoms with Gasteiger partial charge < -0.3 is 15.2 Å². The average molecular weight is 439 g/mol. The molecule has 0 saturated carbocycles. The van der Waals surface area contributed by atoms with E-state index < -0.39 is 15.9 Å². The fraction of sp³-hybridized carbons (Fsp3) is 0.182. The van der Waals surface area contributed by atoms with E-state index in [1.165, 1.54) is 47.9 Å². The number of carbonyl (C=O) groups is 1. The third-order valence-corrected chi connectivity index (χ3v) is 6.91. The summed E-state index contributed by atoms with van der Waals surface area (Å²) in [6.07, 6.45) is 2.92. The van der Waals surface area contributed by atoms with E-state index in [9.17, 15) is 18.3 Å². The smallest absolute Gasteiger partial charge is 0.268 e. The number of nitrogens with zero attached hydrogens (tertiary/aromatic N) is 2. The Labute approximate surface area is 180 Å². The van der Waals surface area contributed by atoms with Crippen molar-refractivity contribution >= 4 is 27.4 Å². The van der Waals surface area contributed by atoms with Crippen molar-refractivity contribution in [1.29, 1.82) is 0 Å². The molecule has 0 spiro atoms. The molecule has 160 valence electrons. The maximum atomic E-state index is 13.6. The second kappa shape index (κ2) is 8.27. The normalized spacial score (nSPS) is 13.4. The van der Waals surface area contributed by atoms with E-state index in [1.807, 2.05) is 12.1 Å². The number of methoxy groups -OCH3 is 1. The van der Waals surface area contributed by atoms with Gasteiger partial charge in [0.25, 0.3) is 15.9 Å². The van der Waals surface area contributed by atoms with Crippen molar-refractivity contribution in [3.63, 3.8) is 0 Å². The molecule has 0 saturated heterocycles. The highest BCUT2D eigenvalue weighted by molar-refractivity contribution is 7.93. The van der Waals surface area contributed by atoms with E-state index in [2.05, 4.69) is 10.3 Å². The summed E-state index contributed by atoms with van der Waals surface area (Å²) in [5.41, 5.74) is 1.68. The number of aromatic hydroxyl groups is 1. The van der Waals surface area contributed by atoms with Gasteiger partial charge in [-0.1, -0.05) is 18.2 Å². The molecule has 8 nitrogen and oxygen atoms in total. The summed E-state index contributed by atoms with van der Waals surface area (Å²) in [6.45, 7) is 0.334. The number of hydrogen-bond acceptors (Lipinski definition) is 6. The largest absolute Gasteiger partial charge is 0.504 e. The lowest BCUT2D eigenvalue weighted by Gasteiger charge is -2.31. The van der Waals surface area contributed by atoms with Gasteiger partial charge in [-0.3, -0.25) is 9.10 Å². The molecule has 2 heterocycles. The highest BCUT2D eigenvalue weighted by Crippen LogP contribution is 2.35. The zero-order valence-corrected chi connectivity index (χ0v) is 17.6. The Morgan fingerprint density at radius 1 is 1.16 bits per heavy atom. The van der Waals surface area contributed by atoms with Gasteiger partial charge in [-0.15, -0.1) is 0 Å². The second-order valence-electron chi connectivity index (χ2n) is 7.00. The molecule has 0 unspecified atom stereocenters. The van der Waals surface area contributed by atoms with Gasteiger partial charge in [0.1, 0.15) is 10.6 Å². The molecule has 2 aromatic carbocycles. The summed E-state index contributed by atoms with van der Waals surface area (Å²) in [5.74, 6) is -0.674. The molecule has 31 heavy (non-hydrogen) atoms. The van der Waals surface area contributed by atoms with Crippen LogP contribution in [0.2, 0.25) is 0 Å². The van der Waals surface area contributed by atoms with Crippen LogP contribution in [0.25, 0.3) is 0 Å². The number of aromatic nitrogens is 1. The number of rotatable bonds is 5. The summed E-state index contributed by atoms with van der Waals surface area (Å²) in [4.78, 5) is 16.5. The Morgan fingerprint density at radius 3 is 2.74 bits per heavy atom. The van der Waals surface area contributed by atoms with E-state index in [4.69, 9.17) is 4.74 Å². The predicted molar refractivity (Wildman–Crippen MR) is 116 cm³/mol. The van der Waals surface area contributed by atoms with E-state index >= 15 is 0 Å². The molecule has 1 aliphatic rings. The second-order valence-corrected chi connectivity index (χ2v) is 8.83. The number of benzene rings is 2. The van der Waals surface area contributed by atoms with Gasteiger partial charge >= 0.3 is 0 Å². The molecule has 0 radical (unpaired) electrons. The zero-order valence-electron chi connectivity index (χ0n) is 16.8.